The van der Waals surface area contributed by atoms with Crippen molar-refractivity contribution in [3.05, 3.63) is 151 Å². The van der Waals surface area contributed by atoms with Crippen LogP contribution in [0.2, 0.25) is 0 Å². The number of nitrogens with zero attached hydrogens (tertiary/aromatic N) is 4. The summed E-state index contributed by atoms with van der Waals surface area (Å²) >= 11 is 0. The second-order valence-electron chi connectivity index (χ2n) is 16.1. The van der Waals surface area contributed by atoms with Crippen molar-refractivity contribution in [2.24, 2.45) is 23.7 Å². The molecule has 0 bridgehead atoms. The lowest BCUT2D eigenvalue weighted by Gasteiger charge is -2.29. The van der Waals surface area contributed by atoms with E-state index in [1.54, 1.807) is 0 Å². The van der Waals surface area contributed by atoms with Crippen LogP contribution < -0.4 is 21.8 Å². The summed E-state index contributed by atoms with van der Waals surface area (Å²) in [4.78, 5) is 56.4. The molecule has 60 heavy (non-hydrogen) atoms. The molecule has 0 saturated carbocycles. The lowest BCUT2D eigenvalue weighted by Crippen LogP contribution is -2.48. The van der Waals surface area contributed by atoms with E-state index in [1.807, 2.05) is 146 Å². The first-order valence-electron chi connectivity index (χ1n) is 21.3. The van der Waals surface area contributed by atoms with Crippen molar-refractivity contribution >= 4 is 24.0 Å². The Morgan fingerprint density at radius 3 is 1.33 bits per heavy atom. The summed E-state index contributed by atoms with van der Waals surface area (Å²) in [6, 6.07) is 26.5. The number of amides is 2. The van der Waals surface area contributed by atoms with Gasteiger partial charge in [0.15, 0.2) is 0 Å². The number of aliphatic hydroxyl groups excluding tert-OH is 2. The first-order valence-corrected chi connectivity index (χ1v) is 21.3. The summed E-state index contributed by atoms with van der Waals surface area (Å²) in [7, 11) is 0. The Morgan fingerprint density at radius 1 is 0.617 bits per heavy atom. The quantitative estimate of drug-likeness (QED) is 0.165. The van der Waals surface area contributed by atoms with Gasteiger partial charge in [-0.05, 0) is 62.3 Å². The molecular weight excluding hydrogens is 757 g/mol. The largest absolute Gasteiger partial charge is 0.396 e. The highest BCUT2D eigenvalue weighted by molar-refractivity contribution is 5.83. The van der Waals surface area contributed by atoms with Crippen LogP contribution in [0.1, 0.15) is 73.4 Å². The van der Waals surface area contributed by atoms with Crippen LogP contribution in [-0.4, -0.2) is 79.3 Å². The Morgan fingerprint density at radius 2 is 1.00 bits per heavy atom. The Labute approximate surface area is 351 Å². The SMILES string of the molecule is C/C=C/c1ccc2n(c1=O)C[C@@H]1[C@@H](CO)[C@H](C(=O)NCc3ccccc3)N(CC)[C@H]21.C/C=C\c1ccc2n(c1=O)C[C@@H]1[C@@H](CO)[C@H](C(=O)NCc3ccccc3)N(CC)[C@H]21. The van der Waals surface area contributed by atoms with E-state index in [2.05, 4.69) is 20.4 Å². The van der Waals surface area contributed by atoms with Crippen LogP contribution in [-0.2, 0) is 35.8 Å². The molecule has 316 valence electrons. The van der Waals surface area contributed by atoms with Gasteiger partial charge in [-0.25, -0.2) is 0 Å². The molecule has 2 aromatic heterocycles. The topological polar surface area (TPSA) is 149 Å². The number of rotatable bonds is 12. The van der Waals surface area contributed by atoms with Crippen LogP contribution in [0.3, 0.4) is 0 Å². The number of hydrogen-bond acceptors (Lipinski definition) is 8. The molecule has 12 nitrogen and oxygen atoms in total. The van der Waals surface area contributed by atoms with E-state index in [1.165, 1.54) is 0 Å². The number of allylic oxidation sites excluding steroid dienone is 2. The Bertz CT molecular complexity index is 2160. The average molecular weight is 815 g/mol. The number of fused-ring (bicyclic) bond motifs is 6. The van der Waals surface area contributed by atoms with Crippen molar-refractivity contribution in [3.8, 4) is 0 Å². The molecule has 0 radical (unpaired) electrons. The number of hydrogen-bond donors (Lipinski definition) is 4. The summed E-state index contributed by atoms with van der Waals surface area (Å²) in [6.07, 6.45) is 7.37. The predicted molar refractivity (Wildman–Crippen MR) is 233 cm³/mol. The van der Waals surface area contributed by atoms with E-state index in [9.17, 15) is 29.4 Å². The number of carbonyl (C=O) groups excluding carboxylic acids is 2. The maximum absolute atomic E-state index is 13.2. The molecule has 12 heteroatoms. The molecule has 4 N–H and O–H groups in total. The number of carbonyl (C=O) groups is 2. The second kappa shape index (κ2) is 18.9. The molecular formula is C48H58N6O6. The van der Waals surface area contributed by atoms with Crippen LogP contribution in [0.25, 0.3) is 12.2 Å². The zero-order chi connectivity index (χ0) is 42.5. The van der Waals surface area contributed by atoms with Crippen LogP contribution in [0.5, 0.6) is 0 Å². The van der Waals surface area contributed by atoms with Gasteiger partial charge >= 0.3 is 0 Å². The zero-order valence-corrected chi connectivity index (χ0v) is 35.0. The molecule has 0 unspecified atom stereocenters. The van der Waals surface area contributed by atoms with Crippen LogP contribution >= 0.6 is 0 Å². The molecule has 2 aromatic carbocycles. The third-order valence-electron chi connectivity index (χ3n) is 13.0. The van der Waals surface area contributed by atoms with Gasteiger partial charge in [0.2, 0.25) is 11.8 Å². The van der Waals surface area contributed by atoms with E-state index in [0.29, 0.717) is 50.4 Å². The summed E-state index contributed by atoms with van der Waals surface area (Å²) in [6.45, 7) is 11.0. The van der Waals surface area contributed by atoms with Gasteiger partial charge in [-0.1, -0.05) is 98.8 Å². The van der Waals surface area contributed by atoms with Gasteiger partial charge in [-0.2, -0.15) is 0 Å². The summed E-state index contributed by atoms with van der Waals surface area (Å²) in [5.41, 5.74) is 5.30. The van der Waals surface area contributed by atoms with Crippen LogP contribution in [0.15, 0.2) is 107 Å². The number of aliphatic hydroxyl groups is 2. The third-order valence-corrected chi connectivity index (χ3v) is 13.0. The molecule has 4 aliphatic heterocycles. The number of benzene rings is 2. The normalized spacial score (nSPS) is 25.4. The third kappa shape index (κ3) is 7.97. The van der Waals surface area contributed by atoms with Crippen molar-refractivity contribution in [2.75, 3.05) is 26.3 Å². The average Bonchev–Trinajstić information content (AvgIpc) is 4.01. The molecule has 4 aromatic rings. The van der Waals surface area contributed by atoms with E-state index in [-0.39, 0.29) is 71.9 Å². The minimum atomic E-state index is -0.405. The predicted octanol–water partition coefficient (Wildman–Crippen LogP) is 4.36. The zero-order valence-electron chi connectivity index (χ0n) is 35.0. The molecule has 0 aliphatic carbocycles. The monoisotopic (exact) mass is 814 g/mol. The summed E-state index contributed by atoms with van der Waals surface area (Å²) in [5.74, 6) is -0.473. The molecule has 2 saturated heterocycles. The highest BCUT2D eigenvalue weighted by Gasteiger charge is 2.56. The van der Waals surface area contributed by atoms with Gasteiger partial charge in [0, 0.05) is 85.6 Å². The molecule has 0 spiro atoms. The lowest BCUT2D eigenvalue weighted by molar-refractivity contribution is -0.128. The van der Waals surface area contributed by atoms with Gasteiger partial charge in [0.25, 0.3) is 11.1 Å². The summed E-state index contributed by atoms with van der Waals surface area (Å²) in [5, 5.41) is 26.5. The van der Waals surface area contributed by atoms with Crippen molar-refractivity contribution in [3.63, 3.8) is 0 Å². The lowest BCUT2D eigenvalue weighted by atomic mass is 9.88. The first kappa shape index (κ1) is 42.7. The van der Waals surface area contributed by atoms with Crippen LogP contribution in [0, 0.1) is 23.7 Å². The Kier molecular flexibility index (Phi) is 13.4. The molecule has 4 aliphatic rings. The maximum atomic E-state index is 13.2. The number of likely N-dealkylation sites (N-methyl/N-ethyl adjacent to an activating group) is 2. The fraction of sp³-hybridized carbons (Fsp3) is 0.417. The number of pyridine rings is 2. The fourth-order valence-corrected chi connectivity index (χ4v) is 10.4. The number of nitrogens with one attached hydrogen (secondary N) is 2. The smallest absolute Gasteiger partial charge is 0.258 e. The van der Waals surface area contributed by atoms with E-state index < -0.39 is 12.1 Å². The second-order valence-corrected chi connectivity index (χ2v) is 16.1. The molecule has 8 atom stereocenters. The van der Waals surface area contributed by atoms with Crippen molar-refractivity contribution in [1.82, 2.24) is 29.6 Å². The minimum Gasteiger partial charge on any atom is -0.396 e. The van der Waals surface area contributed by atoms with E-state index in [4.69, 9.17) is 0 Å². The minimum absolute atomic E-state index is 0.00202. The van der Waals surface area contributed by atoms with Gasteiger partial charge in [-0.15, -0.1) is 0 Å². The maximum Gasteiger partial charge on any atom is 0.258 e. The molecule has 6 heterocycles. The summed E-state index contributed by atoms with van der Waals surface area (Å²) < 4.78 is 3.65. The first-order chi connectivity index (χ1) is 29.2. The van der Waals surface area contributed by atoms with Gasteiger partial charge < -0.3 is 30.0 Å². The molecule has 8 rings (SSSR count). The van der Waals surface area contributed by atoms with E-state index in [0.717, 1.165) is 22.5 Å². The van der Waals surface area contributed by atoms with Crippen molar-refractivity contribution in [1.29, 1.82) is 0 Å². The molecule has 2 fully saturated rings. The van der Waals surface area contributed by atoms with Gasteiger partial charge in [0.05, 0.1) is 24.2 Å². The molecule has 2 amide bonds. The highest BCUT2D eigenvalue weighted by atomic mass is 16.3. The Hall–Kier alpha value is -5.40. The van der Waals surface area contributed by atoms with E-state index >= 15 is 0 Å². The highest BCUT2D eigenvalue weighted by Crippen LogP contribution is 2.50. The van der Waals surface area contributed by atoms with Crippen molar-refractivity contribution in [2.45, 2.75) is 78.0 Å². The van der Waals surface area contributed by atoms with Crippen molar-refractivity contribution < 1.29 is 19.8 Å². The Balaban J connectivity index is 0.000000181. The van der Waals surface area contributed by atoms with Gasteiger partial charge in [0.1, 0.15) is 0 Å². The standard InChI is InChI=1S/2C24H29N3O3/c2*1-3-8-17-11-12-20-21-18(14-27(20)24(17)30)19(15-28)22(26(21)4-2)23(29)25-13-16-9-6-5-7-10-16/h2*3,5-12,18-19,21-22,28H,4,13-15H2,1-2H3,(H,25,29)/b8-3+;8-3-/t2*18-,19-,21+,22-/m11/s1. The number of aromatic nitrogens is 2. The van der Waals surface area contributed by atoms with Crippen LogP contribution in [0.4, 0.5) is 0 Å². The van der Waals surface area contributed by atoms with Gasteiger partial charge in [-0.3, -0.25) is 29.0 Å². The fourth-order valence-electron chi connectivity index (χ4n) is 10.4. The number of likely N-dealkylation sites (tertiary alicyclic amines) is 2.